The summed E-state index contributed by atoms with van der Waals surface area (Å²) in [6, 6.07) is 2.42. The molecule has 1 aromatic carbocycles. The van der Waals surface area contributed by atoms with Crippen LogP contribution in [0.25, 0.3) is 0 Å². The molecule has 0 bridgehead atoms. The van der Waals surface area contributed by atoms with E-state index in [0.717, 1.165) is 25.0 Å². The molecule has 0 aromatic heterocycles. The van der Waals surface area contributed by atoms with Crippen LogP contribution >= 0.6 is 0 Å². The largest absolute Gasteiger partial charge is 0.490 e. The van der Waals surface area contributed by atoms with E-state index in [2.05, 4.69) is 0 Å². The third kappa shape index (κ3) is 3.84. The molecule has 8 heteroatoms. The van der Waals surface area contributed by atoms with Crippen molar-refractivity contribution in [3.8, 4) is 5.75 Å². The van der Waals surface area contributed by atoms with Gasteiger partial charge in [-0.15, -0.1) is 0 Å². The fraction of sp³-hybridized carbons (Fsp3) is 0.538. The molecule has 1 aromatic rings. The molecule has 2 rings (SSSR count). The van der Waals surface area contributed by atoms with Gasteiger partial charge in [0.25, 0.3) is 5.69 Å². The van der Waals surface area contributed by atoms with Crippen LogP contribution in [-0.4, -0.2) is 17.1 Å². The zero-order valence-corrected chi connectivity index (χ0v) is 11.1. The van der Waals surface area contributed by atoms with Crippen molar-refractivity contribution in [2.75, 3.05) is 0 Å². The van der Waals surface area contributed by atoms with Crippen LogP contribution < -0.4 is 10.5 Å². The van der Waals surface area contributed by atoms with Crippen LogP contribution in [0.1, 0.15) is 31.2 Å². The summed E-state index contributed by atoms with van der Waals surface area (Å²) >= 11 is 0. The van der Waals surface area contributed by atoms with E-state index in [9.17, 15) is 23.3 Å². The molecule has 0 aliphatic heterocycles. The van der Waals surface area contributed by atoms with Crippen molar-refractivity contribution in [2.24, 2.45) is 5.73 Å². The van der Waals surface area contributed by atoms with E-state index in [1.165, 1.54) is 0 Å². The first-order chi connectivity index (χ1) is 9.77. The summed E-state index contributed by atoms with van der Waals surface area (Å²) < 4.78 is 44.4. The lowest BCUT2D eigenvalue weighted by molar-refractivity contribution is -0.385. The van der Waals surface area contributed by atoms with Crippen molar-refractivity contribution in [1.29, 1.82) is 0 Å². The number of non-ortho nitro benzene ring substituents is 1. The maximum Gasteiger partial charge on any atom is 0.420 e. The van der Waals surface area contributed by atoms with Crippen LogP contribution in [0.15, 0.2) is 18.2 Å². The van der Waals surface area contributed by atoms with Gasteiger partial charge in [-0.3, -0.25) is 10.1 Å². The van der Waals surface area contributed by atoms with Gasteiger partial charge in [-0.25, -0.2) is 0 Å². The van der Waals surface area contributed by atoms with Crippen molar-refractivity contribution < 1.29 is 22.8 Å². The molecular formula is C13H15F3N2O3. The Kier molecular flexibility index (Phi) is 4.36. The molecule has 1 aliphatic rings. The summed E-state index contributed by atoms with van der Waals surface area (Å²) in [4.78, 5) is 9.74. The van der Waals surface area contributed by atoms with Crippen molar-refractivity contribution >= 4 is 5.69 Å². The molecule has 0 heterocycles. The molecule has 2 atom stereocenters. The summed E-state index contributed by atoms with van der Waals surface area (Å²) in [7, 11) is 0. The number of hydrogen-bond donors (Lipinski definition) is 1. The average Bonchev–Trinajstić information content (AvgIpc) is 2.37. The fourth-order valence-corrected chi connectivity index (χ4v) is 2.42. The number of alkyl halides is 3. The lowest BCUT2D eigenvalue weighted by atomic mass is 9.93. The molecule has 1 aliphatic carbocycles. The van der Waals surface area contributed by atoms with Gasteiger partial charge < -0.3 is 10.5 Å². The first kappa shape index (κ1) is 15.6. The molecule has 0 amide bonds. The normalized spacial score (nSPS) is 22.9. The Morgan fingerprint density at radius 2 is 2.05 bits per heavy atom. The quantitative estimate of drug-likeness (QED) is 0.686. The minimum absolute atomic E-state index is 0.0869. The number of nitrogens with two attached hydrogens (primary N) is 1. The first-order valence-corrected chi connectivity index (χ1v) is 6.55. The SMILES string of the molecule is N[C@@H]1CCC[C@@H](Oc2ccc([N+](=O)[O-])cc2C(F)(F)F)C1. The number of benzene rings is 1. The zero-order chi connectivity index (χ0) is 15.6. The van der Waals surface area contributed by atoms with E-state index in [-0.39, 0.29) is 11.8 Å². The average molecular weight is 304 g/mol. The Labute approximate surface area is 119 Å². The van der Waals surface area contributed by atoms with Crippen LogP contribution in [-0.2, 0) is 6.18 Å². The smallest absolute Gasteiger partial charge is 0.420 e. The number of nitro groups is 1. The molecule has 116 valence electrons. The number of hydrogen-bond acceptors (Lipinski definition) is 4. The van der Waals surface area contributed by atoms with E-state index < -0.39 is 28.5 Å². The van der Waals surface area contributed by atoms with Crippen LogP contribution in [0.4, 0.5) is 18.9 Å². The summed E-state index contributed by atoms with van der Waals surface area (Å²) in [6.45, 7) is 0. The minimum atomic E-state index is -4.71. The minimum Gasteiger partial charge on any atom is -0.490 e. The van der Waals surface area contributed by atoms with E-state index in [0.29, 0.717) is 18.9 Å². The van der Waals surface area contributed by atoms with Crippen LogP contribution in [0.5, 0.6) is 5.75 Å². The van der Waals surface area contributed by atoms with Gasteiger partial charge in [0.1, 0.15) is 17.4 Å². The van der Waals surface area contributed by atoms with Crippen molar-refractivity contribution in [1.82, 2.24) is 0 Å². The first-order valence-electron chi connectivity index (χ1n) is 6.55. The fourth-order valence-electron chi connectivity index (χ4n) is 2.42. The monoisotopic (exact) mass is 304 g/mol. The molecular weight excluding hydrogens is 289 g/mol. The highest BCUT2D eigenvalue weighted by molar-refractivity contribution is 5.45. The summed E-state index contributed by atoms with van der Waals surface area (Å²) in [5, 5.41) is 10.6. The Bertz CT molecular complexity index is 534. The second kappa shape index (κ2) is 5.88. The molecule has 0 radical (unpaired) electrons. The molecule has 21 heavy (non-hydrogen) atoms. The van der Waals surface area contributed by atoms with Crippen molar-refractivity contribution in [3.63, 3.8) is 0 Å². The van der Waals surface area contributed by atoms with Crippen molar-refractivity contribution in [3.05, 3.63) is 33.9 Å². The van der Waals surface area contributed by atoms with Gasteiger partial charge in [0.2, 0.25) is 0 Å². The predicted octanol–water partition coefficient (Wildman–Crippen LogP) is 3.26. The zero-order valence-electron chi connectivity index (χ0n) is 11.1. The Morgan fingerprint density at radius 3 is 2.62 bits per heavy atom. The maximum absolute atomic E-state index is 13.0. The van der Waals surface area contributed by atoms with Crippen LogP contribution in [0.3, 0.4) is 0 Å². The lowest BCUT2D eigenvalue weighted by Crippen LogP contribution is -2.34. The molecule has 5 nitrogen and oxygen atoms in total. The highest BCUT2D eigenvalue weighted by Gasteiger charge is 2.37. The highest BCUT2D eigenvalue weighted by atomic mass is 19.4. The van der Waals surface area contributed by atoms with Gasteiger partial charge in [-0.1, -0.05) is 0 Å². The van der Waals surface area contributed by atoms with E-state index in [4.69, 9.17) is 10.5 Å². The third-order valence-corrected chi connectivity index (χ3v) is 3.44. The summed E-state index contributed by atoms with van der Waals surface area (Å²) in [5.41, 5.74) is 4.03. The number of rotatable bonds is 3. The highest BCUT2D eigenvalue weighted by Crippen LogP contribution is 2.39. The Balaban J connectivity index is 2.27. The number of halogens is 3. The number of nitrogens with zero attached hydrogens (tertiary/aromatic N) is 1. The maximum atomic E-state index is 13.0. The second-order valence-corrected chi connectivity index (χ2v) is 5.10. The van der Waals surface area contributed by atoms with E-state index >= 15 is 0 Å². The molecule has 1 fully saturated rings. The molecule has 1 saturated carbocycles. The van der Waals surface area contributed by atoms with Gasteiger partial charge in [0, 0.05) is 18.2 Å². The van der Waals surface area contributed by atoms with E-state index in [1.807, 2.05) is 0 Å². The summed E-state index contributed by atoms with van der Waals surface area (Å²) in [5.74, 6) is -0.382. The predicted molar refractivity (Wildman–Crippen MR) is 69.0 cm³/mol. The third-order valence-electron chi connectivity index (χ3n) is 3.44. The van der Waals surface area contributed by atoms with Gasteiger partial charge in [-0.2, -0.15) is 13.2 Å². The number of nitro benzene ring substituents is 1. The summed E-state index contributed by atoms with van der Waals surface area (Å²) in [6.07, 6.45) is -2.38. The second-order valence-electron chi connectivity index (χ2n) is 5.10. The van der Waals surface area contributed by atoms with Gasteiger partial charge in [0.05, 0.1) is 4.92 Å². The molecule has 0 saturated heterocycles. The van der Waals surface area contributed by atoms with Crippen molar-refractivity contribution in [2.45, 2.75) is 44.0 Å². The Hall–Kier alpha value is -1.83. The molecule has 0 spiro atoms. The molecule has 2 N–H and O–H groups in total. The van der Waals surface area contributed by atoms with Crippen LogP contribution in [0.2, 0.25) is 0 Å². The van der Waals surface area contributed by atoms with Gasteiger partial charge in [-0.05, 0) is 31.7 Å². The Morgan fingerprint density at radius 1 is 1.33 bits per heavy atom. The van der Waals surface area contributed by atoms with Crippen LogP contribution in [0, 0.1) is 10.1 Å². The number of ether oxygens (including phenoxy) is 1. The topological polar surface area (TPSA) is 78.4 Å². The standard InChI is InChI=1S/C13H15F3N2O3/c14-13(15,16)11-7-9(18(19)20)4-5-12(11)21-10-3-1-2-8(17)6-10/h4-5,7-8,10H,1-3,6,17H2/t8-,10-/m1/s1. The molecule has 0 unspecified atom stereocenters. The van der Waals surface area contributed by atoms with Gasteiger partial charge >= 0.3 is 6.18 Å². The van der Waals surface area contributed by atoms with E-state index in [1.54, 1.807) is 0 Å². The van der Waals surface area contributed by atoms with Gasteiger partial charge in [0.15, 0.2) is 0 Å². The lowest BCUT2D eigenvalue weighted by Gasteiger charge is -2.28.